The number of ether oxygens (including phenoxy) is 2. The Morgan fingerprint density at radius 3 is 2.45 bits per heavy atom. The highest BCUT2D eigenvalue weighted by Gasteiger charge is 2.11. The minimum atomic E-state index is -0.206. The third-order valence-corrected chi connectivity index (χ3v) is 5.53. The maximum absolute atomic E-state index is 13.0. The van der Waals surface area contributed by atoms with E-state index in [1.54, 1.807) is 7.11 Å². The van der Waals surface area contributed by atoms with Gasteiger partial charge >= 0.3 is 0 Å². The lowest BCUT2D eigenvalue weighted by Crippen LogP contribution is -2.17. The topological polar surface area (TPSA) is 30.5 Å². The van der Waals surface area contributed by atoms with Crippen LogP contribution in [-0.2, 0) is 19.6 Å². The van der Waals surface area contributed by atoms with E-state index in [0.717, 1.165) is 34.1 Å². The molecule has 5 heteroatoms. The van der Waals surface area contributed by atoms with Crippen molar-refractivity contribution in [2.45, 2.75) is 26.5 Å². The van der Waals surface area contributed by atoms with Crippen molar-refractivity contribution >= 4 is 15.9 Å². The van der Waals surface area contributed by atoms with Crippen LogP contribution in [-0.4, -0.2) is 13.7 Å². The number of hydrogen-bond donors (Lipinski definition) is 1. The third-order valence-electron chi connectivity index (χ3n) is 4.80. The summed E-state index contributed by atoms with van der Waals surface area (Å²) in [5, 5.41) is 3.42. The van der Waals surface area contributed by atoms with E-state index in [1.807, 2.05) is 36.4 Å². The van der Waals surface area contributed by atoms with Crippen LogP contribution in [0.1, 0.15) is 22.3 Å². The summed E-state index contributed by atoms with van der Waals surface area (Å²) >= 11 is 3.64. The van der Waals surface area contributed by atoms with Gasteiger partial charge in [-0.1, -0.05) is 52.3 Å². The van der Waals surface area contributed by atoms with Crippen LogP contribution in [0.4, 0.5) is 4.39 Å². The Hall–Kier alpha value is -2.37. The average Bonchev–Trinajstić information content (AvgIpc) is 2.73. The Labute approximate surface area is 180 Å². The van der Waals surface area contributed by atoms with Gasteiger partial charge < -0.3 is 14.8 Å². The highest BCUT2D eigenvalue weighted by atomic mass is 79.9. The summed E-state index contributed by atoms with van der Waals surface area (Å²) in [7, 11) is 1.65. The molecular weight excluding hydrogens is 433 g/mol. The zero-order valence-electron chi connectivity index (χ0n) is 16.7. The van der Waals surface area contributed by atoms with E-state index in [-0.39, 0.29) is 5.82 Å². The summed E-state index contributed by atoms with van der Waals surface area (Å²) in [6.07, 6.45) is 0.840. The van der Waals surface area contributed by atoms with E-state index in [9.17, 15) is 4.39 Å². The van der Waals surface area contributed by atoms with Crippen LogP contribution < -0.4 is 14.8 Å². The van der Waals surface area contributed by atoms with Crippen LogP contribution in [0.15, 0.2) is 65.1 Å². The van der Waals surface area contributed by atoms with E-state index < -0.39 is 0 Å². The molecule has 0 unspecified atom stereocenters. The zero-order valence-corrected chi connectivity index (χ0v) is 18.3. The van der Waals surface area contributed by atoms with Crippen molar-refractivity contribution in [3.63, 3.8) is 0 Å². The quantitative estimate of drug-likeness (QED) is 0.410. The normalized spacial score (nSPS) is 10.8. The van der Waals surface area contributed by atoms with Crippen LogP contribution in [0.3, 0.4) is 0 Å². The van der Waals surface area contributed by atoms with Gasteiger partial charge in [-0.15, -0.1) is 0 Å². The molecule has 0 atom stereocenters. The SMILES string of the molecule is COc1cc(CNCCc2ccc(F)cc2)c(Br)cc1OCc1ccccc1C. The van der Waals surface area contributed by atoms with Gasteiger partial charge in [-0.05, 0) is 66.4 Å². The molecule has 0 fully saturated rings. The summed E-state index contributed by atoms with van der Waals surface area (Å²) in [5.41, 5.74) is 4.55. The predicted molar refractivity (Wildman–Crippen MR) is 118 cm³/mol. The molecule has 3 rings (SSSR count). The Balaban J connectivity index is 1.58. The minimum Gasteiger partial charge on any atom is -0.493 e. The van der Waals surface area contributed by atoms with Gasteiger partial charge in [-0.3, -0.25) is 0 Å². The fraction of sp³-hybridized carbons (Fsp3) is 0.250. The fourth-order valence-electron chi connectivity index (χ4n) is 3.02. The molecular formula is C24H25BrFNO2. The Morgan fingerprint density at radius 2 is 1.72 bits per heavy atom. The third kappa shape index (κ3) is 6.05. The Morgan fingerprint density at radius 1 is 0.966 bits per heavy atom. The average molecular weight is 458 g/mol. The lowest BCUT2D eigenvalue weighted by atomic mass is 10.1. The number of hydrogen-bond acceptors (Lipinski definition) is 3. The maximum atomic E-state index is 13.0. The molecule has 0 heterocycles. The molecule has 0 radical (unpaired) electrons. The second-order valence-corrected chi connectivity index (χ2v) is 7.72. The second-order valence-electron chi connectivity index (χ2n) is 6.86. The highest BCUT2D eigenvalue weighted by Crippen LogP contribution is 2.34. The minimum absolute atomic E-state index is 0.206. The summed E-state index contributed by atoms with van der Waals surface area (Å²) < 4.78 is 25.5. The monoisotopic (exact) mass is 457 g/mol. The first-order chi connectivity index (χ1) is 14.1. The van der Waals surface area contributed by atoms with Crippen LogP contribution in [0.5, 0.6) is 11.5 Å². The van der Waals surface area contributed by atoms with Gasteiger partial charge in [0.1, 0.15) is 12.4 Å². The molecule has 0 bridgehead atoms. The molecule has 0 saturated heterocycles. The highest BCUT2D eigenvalue weighted by molar-refractivity contribution is 9.10. The molecule has 3 nitrogen and oxygen atoms in total. The van der Waals surface area contributed by atoms with E-state index in [2.05, 4.69) is 40.3 Å². The molecule has 0 spiro atoms. The number of aryl methyl sites for hydroxylation is 1. The van der Waals surface area contributed by atoms with E-state index in [1.165, 1.54) is 17.7 Å². The van der Waals surface area contributed by atoms with Crippen molar-refractivity contribution in [2.75, 3.05) is 13.7 Å². The fourth-order valence-corrected chi connectivity index (χ4v) is 3.48. The first kappa shape index (κ1) is 21.3. The smallest absolute Gasteiger partial charge is 0.162 e. The maximum Gasteiger partial charge on any atom is 0.162 e. The lowest BCUT2D eigenvalue weighted by molar-refractivity contribution is 0.283. The molecule has 0 amide bonds. The summed E-state index contributed by atoms with van der Waals surface area (Å²) in [5.74, 6) is 1.21. The molecule has 152 valence electrons. The Kier molecular flexibility index (Phi) is 7.67. The molecule has 0 saturated carbocycles. The molecule has 1 N–H and O–H groups in total. The number of halogens is 2. The summed E-state index contributed by atoms with van der Waals surface area (Å²) in [4.78, 5) is 0. The second kappa shape index (κ2) is 10.4. The van der Waals surface area contributed by atoms with Gasteiger partial charge in [-0.25, -0.2) is 4.39 Å². The van der Waals surface area contributed by atoms with Crippen molar-refractivity contribution in [3.8, 4) is 11.5 Å². The van der Waals surface area contributed by atoms with Gasteiger partial charge in [0.2, 0.25) is 0 Å². The number of rotatable bonds is 9. The largest absolute Gasteiger partial charge is 0.493 e. The number of nitrogens with one attached hydrogen (secondary N) is 1. The number of benzene rings is 3. The van der Waals surface area contributed by atoms with E-state index >= 15 is 0 Å². The first-order valence-corrected chi connectivity index (χ1v) is 10.3. The first-order valence-electron chi connectivity index (χ1n) is 9.55. The molecule has 0 aromatic heterocycles. The van der Waals surface area contributed by atoms with Gasteiger partial charge in [-0.2, -0.15) is 0 Å². The van der Waals surface area contributed by atoms with Crippen molar-refractivity contribution in [2.24, 2.45) is 0 Å². The Bertz CT molecular complexity index is 944. The van der Waals surface area contributed by atoms with Crippen LogP contribution in [0.2, 0.25) is 0 Å². The standard InChI is InChI=1S/C24H25BrFNO2/c1-17-5-3-4-6-19(17)16-29-24-14-22(25)20(13-23(24)28-2)15-27-12-11-18-7-9-21(26)10-8-18/h3-10,13-14,27H,11-12,15-16H2,1-2H3. The zero-order chi connectivity index (χ0) is 20.6. The van der Waals surface area contributed by atoms with Crippen LogP contribution in [0.25, 0.3) is 0 Å². The van der Waals surface area contributed by atoms with Crippen LogP contribution >= 0.6 is 15.9 Å². The summed E-state index contributed by atoms with van der Waals surface area (Å²) in [6, 6.07) is 18.7. The summed E-state index contributed by atoms with van der Waals surface area (Å²) in [6.45, 7) is 4.05. The number of methoxy groups -OCH3 is 1. The van der Waals surface area contributed by atoms with Gasteiger partial charge in [0.05, 0.1) is 7.11 Å². The van der Waals surface area contributed by atoms with Crippen molar-refractivity contribution < 1.29 is 13.9 Å². The van der Waals surface area contributed by atoms with E-state index in [4.69, 9.17) is 9.47 Å². The van der Waals surface area contributed by atoms with Crippen molar-refractivity contribution in [1.82, 2.24) is 5.32 Å². The molecule has 29 heavy (non-hydrogen) atoms. The molecule has 3 aromatic rings. The van der Waals surface area contributed by atoms with Crippen molar-refractivity contribution in [1.29, 1.82) is 0 Å². The molecule has 3 aromatic carbocycles. The van der Waals surface area contributed by atoms with Gasteiger partial charge in [0.25, 0.3) is 0 Å². The van der Waals surface area contributed by atoms with Gasteiger partial charge in [0, 0.05) is 11.0 Å². The predicted octanol–water partition coefficient (Wildman–Crippen LogP) is 5.82. The van der Waals surface area contributed by atoms with Gasteiger partial charge in [0.15, 0.2) is 11.5 Å². The van der Waals surface area contributed by atoms with Crippen molar-refractivity contribution in [3.05, 3.63) is 93.2 Å². The van der Waals surface area contributed by atoms with Crippen LogP contribution in [0, 0.1) is 12.7 Å². The molecule has 0 aliphatic heterocycles. The molecule has 0 aliphatic rings. The van der Waals surface area contributed by atoms with E-state index in [0.29, 0.717) is 24.7 Å². The lowest BCUT2D eigenvalue weighted by Gasteiger charge is -2.15. The molecule has 0 aliphatic carbocycles.